The van der Waals surface area contributed by atoms with Crippen molar-refractivity contribution in [2.75, 3.05) is 19.8 Å². The van der Waals surface area contributed by atoms with Crippen LogP contribution in [-0.2, 0) is 32.9 Å². The minimum atomic E-state index is -1.44. The zero-order chi connectivity index (χ0) is 32.4. The zero-order valence-electron chi connectivity index (χ0n) is 25.4. The molecule has 2 aromatic heterocycles. The first kappa shape index (κ1) is 32.7. The maximum atomic E-state index is 13.5. The fraction of sp³-hybridized carbons (Fsp3) is 0.400. The largest absolute Gasteiger partial charge is 0.464 e. The van der Waals surface area contributed by atoms with Crippen LogP contribution in [0.1, 0.15) is 67.6 Å². The molecule has 15 heteroatoms. The Morgan fingerprint density at radius 1 is 1.09 bits per heavy atom. The van der Waals surface area contributed by atoms with Crippen LogP contribution in [0.2, 0.25) is 0 Å². The molecule has 0 unspecified atom stereocenters. The van der Waals surface area contributed by atoms with Crippen LogP contribution in [0.4, 0.5) is 0 Å². The number of carbonyl (C=O) groups excluding carboxylic acids is 2. The lowest BCUT2D eigenvalue weighted by atomic mass is 9.98. The van der Waals surface area contributed by atoms with Gasteiger partial charge in [0.1, 0.15) is 29.4 Å². The van der Waals surface area contributed by atoms with E-state index in [0.717, 1.165) is 28.7 Å². The molecule has 2 aromatic carbocycles. The summed E-state index contributed by atoms with van der Waals surface area (Å²) < 4.78 is 6.89. The molecule has 0 aliphatic rings. The third kappa shape index (κ3) is 8.69. The first-order valence-corrected chi connectivity index (χ1v) is 14.5. The van der Waals surface area contributed by atoms with Gasteiger partial charge in [0.15, 0.2) is 0 Å². The van der Waals surface area contributed by atoms with Crippen molar-refractivity contribution in [2.24, 2.45) is 0 Å². The smallest absolute Gasteiger partial charge is 0.325 e. The van der Waals surface area contributed by atoms with Crippen molar-refractivity contribution in [3.8, 4) is 22.5 Å². The first-order valence-electron chi connectivity index (χ1n) is 14.5. The van der Waals surface area contributed by atoms with E-state index in [9.17, 15) is 24.8 Å². The topological polar surface area (TPSA) is 200 Å². The SMILES string of the molecule is CCCc1nc(C(C)(C)O)c(C(=O)NCC(=O)OCCCCO[N+](=O)[O-])n1Cc1ccc(-c2ccccc2-c2nn[nH]n2)cc1. The number of amides is 1. The number of hydrogen-bond donors (Lipinski definition) is 3. The maximum absolute atomic E-state index is 13.5. The van der Waals surface area contributed by atoms with E-state index in [1.54, 1.807) is 18.4 Å². The Balaban J connectivity index is 1.52. The van der Waals surface area contributed by atoms with Gasteiger partial charge >= 0.3 is 5.97 Å². The number of aromatic nitrogens is 6. The van der Waals surface area contributed by atoms with E-state index in [1.807, 2.05) is 55.5 Å². The number of nitrogens with one attached hydrogen (secondary N) is 2. The van der Waals surface area contributed by atoms with Gasteiger partial charge in [0.25, 0.3) is 11.0 Å². The van der Waals surface area contributed by atoms with Crippen LogP contribution < -0.4 is 5.32 Å². The molecule has 3 N–H and O–H groups in total. The Morgan fingerprint density at radius 3 is 2.44 bits per heavy atom. The number of H-pyrrole nitrogens is 1. The first-order chi connectivity index (χ1) is 21.6. The van der Waals surface area contributed by atoms with Crippen molar-refractivity contribution in [3.05, 3.63) is 81.4 Å². The summed E-state index contributed by atoms with van der Waals surface area (Å²) >= 11 is 0. The van der Waals surface area contributed by atoms with Gasteiger partial charge in [-0.25, -0.2) is 4.98 Å². The molecule has 0 spiro atoms. The van der Waals surface area contributed by atoms with Crippen molar-refractivity contribution in [3.63, 3.8) is 0 Å². The van der Waals surface area contributed by atoms with Gasteiger partial charge < -0.3 is 24.6 Å². The number of imidazole rings is 1. The molecule has 0 aliphatic heterocycles. The minimum absolute atomic E-state index is 0.0266. The summed E-state index contributed by atoms with van der Waals surface area (Å²) in [5.41, 5.74) is 2.52. The number of esters is 1. The maximum Gasteiger partial charge on any atom is 0.325 e. The van der Waals surface area contributed by atoms with Crippen molar-refractivity contribution >= 4 is 11.9 Å². The summed E-state index contributed by atoms with van der Waals surface area (Å²) in [5.74, 6) is -0.132. The fourth-order valence-corrected chi connectivity index (χ4v) is 4.74. The van der Waals surface area contributed by atoms with Crippen LogP contribution in [0.15, 0.2) is 48.5 Å². The Labute approximate surface area is 259 Å². The molecule has 1 amide bonds. The van der Waals surface area contributed by atoms with Crippen LogP contribution in [-0.4, -0.2) is 72.0 Å². The Kier molecular flexibility index (Phi) is 10.9. The van der Waals surface area contributed by atoms with E-state index < -0.39 is 29.1 Å². The van der Waals surface area contributed by atoms with Crippen LogP contribution in [0.25, 0.3) is 22.5 Å². The highest BCUT2D eigenvalue weighted by Gasteiger charge is 2.32. The number of tetrazole rings is 1. The van der Waals surface area contributed by atoms with Crippen LogP contribution in [0.5, 0.6) is 0 Å². The molecule has 4 aromatic rings. The zero-order valence-corrected chi connectivity index (χ0v) is 25.4. The predicted molar refractivity (Wildman–Crippen MR) is 161 cm³/mol. The molecule has 15 nitrogen and oxygen atoms in total. The second-order valence-electron chi connectivity index (χ2n) is 10.8. The van der Waals surface area contributed by atoms with Gasteiger partial charge in [-0.3, -0.25) is 9.59 Å². The van der Waals surface area contributed by atoms with E-state index in [2.05, 4.69) is 35.8 Å². The Morgan fingerprint density at radius 2 is 1.80 bits per heavy atom. The molecule has 0 atom stereocenters. The molecule has 0 saturated heterocycles. The summed E-state index contributed by atoms with van der Waals surface area (Å²) in [7, 11) is 0. The van der Waals surface area contributed by atoms with Crippen LogP contribution in [0.3, 0.4) is 0 Å². The molecule has 0 aliphatic carbocycles. The van der Waals surface area contributed by atoms with E-state index in [0.29, 0.717) is 37.5 Å². The quantitative estimate of drug-likeness (QED) is 0.0719. The molecule has 2 heterocycles. The monoisotopic (exact) mass is 620 g/mol. The number of aryl methyl sites for hydroxylation is 1. The number of aliphatic hydroxyl groups is 1. The van der Waals surface area contributed by atoms with Gasteiger partial charge in [0.2, 0.25) is 5.82 Å². The molecule has 238 valence electrons. The van der Waals surface area contributed by atoms with Gasteiger partial charge in [-0.15, -0.1) is 20.3 Å². The predicted octanol–water partition coefficient (Wildman–Crippen LogP) is 3.22. The van der Waals surface area contributed by atoms with Crippen molar-refractivity contribution in [2.45, 2.75) is 58.6 Å². The molecular weight excluding hydrogens is 584 g/mol. The lowest BCUT2D eigenvalue weighted by Gasteiger charge is -2.18. The van der Waals surface area contributed by atoms with Gasteiger partial charge in [0, 0.05) is 18.5 Å². The fourth-order valence-electron chi connectivity index (χ4n) is 4.74. The lowest BCUT2D eigenvalue weighted by molar-refractivity contribution is -0.757. The summed E-state index contributed by atoms with van der Waals surface area (Å²) in [5, 5.41) is 37.2. The lowest BCUT2D eigenvalue weighted by Crippen LogP contribution is -2.34. The molecule has 0 fully saturated rings. The third-order valence-corrected chi connectivity index (χ3v) is 6.83. The standard InChI is InChI=1S/C30H36N8O7/c1-4-9-24-32-27(30(2,3)41)26(29(40)31-18-25(39)44-16-7-8-17-45-38(42)43)37(24)19-20-12-14-21(15-13-20)22-10-5-6-11-23(22)28-33-35-36-34-28/h5-6,10-15,41H,4,7-9,16-19H2,1-3H3,(H,31,40)(H,33,34,35,36). The summed E-state index contributed by atoms with van der Waals surface area (Å²) in [6, 6.07) is 15.6. The van der Waals surface area contributed by atoms with Crippen molar-refractivity contribution in [1.82, 2.24) is 35.5 Å². The van der Waals surface area contributed by atoms with Crippen molar-refractivity contribution < 1.29 is 29.4 Å². The molecular formula is C30H36N8O7. The molecule has 0 saturated carbocycles. The number of carbonyl (C=O) groups is 2. The minimum Gasteiger partial charge on any atom is -0.464 e. The number of rotatable bonds is 16. The number of nitrogens with zero attached hydrogens (tertiary/aromatic N) is 6. The van der Waals surface area contributed by atoms with Gasteiger partial charge in [-0.05, 0) is 55.0 Å². The Hall–Kier alpha value is -5.18. The summed E-state index contributed by atoms with van der Waals surface area (Å²) in [4.78, 5) is 44.9. The summed E-state index contributed by atoms with van der Waals surface area (Å²) in [6.07, 6.45) is 2.02. The number of ether oxygens (including phenoxy) is 1. The van der Waals surface area contributed by atoms with Gasteiger partial charge in [-0.1, -0.05) is 55.5 Å². The van der Waals surface area contributed by atoms with Crippen LogP contribution >= 0.6 is 0 Å². The second kappa shape index (κ2) is 15.0. The number of hydrogen-bond acceptors (Lipinski definition) is 11. The highest BCUT2D eigenvalue weighted by atomic mass is 16.9. The summed E-state index contributed by atoms with van der Waals surface area (Å²) in [6.45, 7) is 4.93. The molecule has 45 heavy (non-hydrogen) atoms. The molecule has 0 bridgehead atoms. The average Bonchev–Trinajstić information content (AvgIpc) is 3.67. The van der Waals surface area contributed by atoms with Gasteiger partial charge in [-0.2, -0.15) is 5.21 Å². The number of benzene rings is 2. The van der Waals surface area contributed by atoms with Crippen molar-refractivity contribution in [1.29, 1.82) is 0 Å². The third-order valence-electron chi connectivity index (χ3n) is 6.83. The normalized spacial score (nSPS) is 11.3. The van der Waals surface area contributed by atoms with Gasteiger partial charge in [0.05, 0.1) is 13.2 Å². The Bertz CT molecular complexity index is 1600. The molecule has 0 radical (unpaired) electrons. The highest BCUT2D eigenvalue weighted by Crippen LogP contribution is 2.31. The second-order valence-corrected chi connectivity index (χ2v) is 10.8. The number of unbranched alkanes of at least 4 members (excludes halogenated alkanes) is 1. The molecule has 4 rings (SSSR count). The van der Waals surface area contributed by atoms with E-state index in [-0.39, 0.29) is 24.6 Å². The van der Waals surface area contributed by atoms with E-state index in [4.69, 9.17) is 4.74 Å². The van der Waals surface area contributed by atoms with E-state index >= 15 is 0 Å². The number of aromatic amines is 1. The average molecular weight is 621 g/mol. The van der Waals surface area contributed by atoms with E-state index in [1.165, 1.54) is 0 Å². The highest BCUT2D eigenvalue weighted by molar-refractivity contribution is 5.96. The van der Waals surface area contributed by atoms with Crippen LogP contribution in [0, 0.1) is 10.1 Å².